The van der Waals surface area contributed by atoms with Gasteiger partial charge in [-0.3, -0.25) is 14.4 Å². The maximum absolute atomic E-state index is 16.3. The number of carbonyl (C=O) groups is 4. The van der Waals surface area contributed by atoms with Gasteiger partial charge < -0.3 is 192 Å². The van der Waals surface area contributed by atoms with E-state index in [-0.39, 0.29) is 62.5 Å². The maximum atomic E-state index is 16.3. The summed E-state index contributed by atoms with van der Waals surface area (Å²) in [5.41, 5.74) is -7.04. The van der Waals surface area contributed by atoms with Crippen molar-refractivity contribution >= 4 is 23.9 Å². The van der Waals surface area contributed by atoms with Crippen molar-refractivity contribution in [2.75, 3.05) is 52.9 Å². The van der Waals surface area contributed by atoms with Gasteiger partial charge in [0.05, 0.1) is 76.3 Å². The first kappa shape index (κ1) is 104. The van der Waals surface area contributed by atoms with Crippen molar-refractivity contribution in [1.82, 2.24) is 0 Å². The van der Waals surface area contributed by atoms with E-state index in [9.17, 15) is 117 Å². The second kappa shape index (κ2) is 40.9. The van der Waals surface area contributed by atoms with Crippen molar-refractivity contribution in [3.05, 3.63) is 36.0 Å². The molecule has 12 fully saturated rings. The molecule has 0 radical (unpaired) electrons. The first-order chi connectivity index (χ1) is 61.4. The molecule has 20 N–H and O–H groups in total. The Bertz CT molecular complexity index is 3970. The molecule has 0 spiro atoms. The number of hydrogen-bond donors (Lipinski definition) is 20. The Morgan fingerprint density at radius 1 is 0.496 bits per heavy atom. The van der Waals surface area contributed by atoms with Crippen LogP contribution in [0.2, 0.25) is 0 Å². The molecule has 131 heavy (non-hydrogen) atoms. The van der Waals surface area contributed by atoms with Gasteiger partial charge in [0.2, 0.25) is 6.29 Å². The van der Waals surface area contributed by atoms with Crippen LogP contribution in [0.25, 0.3) is 0 Å². The summed E-state index contributed by atoms with van der Waals surface area (Å²) in [6.45, 7) is 19.8. The summed E-state index contributed by atoms with van der Waals surface area (Å²) in [5.74, 6) is -5.79. The Morgan fingerprint density at radius 2 is 1.06 bits per heavy atom. The second-order valence-corrected chi connectivity index (χ2v) is 40.4. The molecule has 0 amide bonds. The van der Waals surface area contributed by atoms with E-state index in [4.69, 9.17) is 90.0 Å². The minimum absolute atomic E-state index is 0.0463. The fourth-order valence-corrected chi connectivity index (χ4v) is 22.8. The van der Waals surface area contributed by atoms with Crippen molar-refractivity contribution in [2.45, 2.75) is 380 Å². The smallest absolute Gasteiger partial charge is 0.333 e. The molecule has 8 aliphatic heterocycles. The summed E-state index contributed by atoms with van der Waals surface area (Å²) in [6.07, 6.45) is -58.0. The average molecular weight is 1880 g/mol. The van der Waals surface area contributed by atoms with E-state index < -0.39 is 347 Å². The molecule has 13 rings (SSSR count). The zero-order valence-electron chi connectivity index (χ0n) is 75.7. The van der Waals surface area contributed by atoms with Gasteiger partial charge >= 0.3 is 23.9 Å². The van der Waals surface area contributed by atoms with Crippen LogP contribution >= 0.6 is 0 Å². The number of aliphatic hydroxyl groups excluding tert-OH is 19. The summed E-state index contributed by atoms with van der Waals surface area (Å²) in [5, 5.41) is 230. The lowest BCUT2D eigenvalue weighted by molar-refractivity contribution is -0.379. The largest absolute Gasteiger partial charge is 0.463 e. The number of hydrogen-bond acceptors (Lipinski definition) is 43. The molecule has 5 aliphatic carbocycles. The van der Waals surface area contributed by atoms with Crippen LogP contribution in [-0.4, -0.2) is 412 Å². The Hall–Kier alpha value is -4.30. The maximum Gasteiger partial charge on any atom is 0.333 e. The van der Waals surface area contributed by atoms with Gasteiger partial charge in [-0.05, 0) is 117 Å². The van der Waals surface area contributed by atoms with Crippen molar-refractivity contribution in [3.63, 3.8) is 0 Å². The highest BCUT2D eigenvalue weighted by molar-refractivity contribution is 5.88. The number of allylic oxidation sites excluding steroid dienone is 2. The van der Waals surface area contributed by atoms with Crippen LogP contribution in [-0.2, 0) is 109 Å². The fourth-order valence-electron chi connectivity index (χ4n) is 22.8. The predicted molar refractivity (Wildman–Crippen MR) is 436 cm³/mol. The Kier molecular flexibility index (Phi) is 32.5. The van der Waals surface area contributed by atoms with Gasteiger partial charge in [-0.1, -0.05) is 79.2 Å². The van der Waals surface area contributed by atoms with Gasteiger partial charge in [-0.25, -0.2) is 4.79 Å². The zero-order valence-corrected chi connectivity index (χ0v) is 75.7. The minimum Gasteiger partial charge on any atom is -0.463 e. The van der Waals surface area contributed by atoms with Gasteiger partial charge in [0.25, 0.3) is 0 Å². The van der Waals surface area contributed by atoms with Crippen LogP contribution in [0.4, 0.5) is 0 Å². The Morgan fingerprint density at radius 3 is 1.73 bits per heavy atom. The Labute approximate surface area is 757 Å². The number of carbonyl (C=O) groups excluding carboxylic acids is 4. The molecule has 4 saturated carbocycles. The van der Waals surface area contributed by atoms with Gasteiger partial charge in [0.1, 0.15) is 146 Å². The van der Waals surface area contributed by atoms with E-state index in [0.29, 0.717) is 31.3 Å². The number of ether oxygens (including phenoxy) is 19. The summed E-state index contributed by atoms with van der Waals surface area (Å²) in [6, 6.07) is 0. The van der Waals surface area contributed by atoms with Crippen LogP contribution in [0.5, 0.6) is 0 Å². The first-order valence-corrected chi connectivity index (χ1v) is 45.3. The molecule has 43 nitrogen and oxygen atoms in total. The molecule has 748 valence electrons. The van der Waals surface area contributed by atoms with Gasteiger partial charge in [0, 0.05) is 30.8 Å². The zero-order chi connectivity index (χ0) is 95.9. The molecule has 0 aromatic heterocycles. The summed E-state index contributed by atoms with van der Waals surface area (Å²) in [7, 11) is 0. The van der Waals surface area contributed by atoms with Crippen molar-refractivity contribution in [2.24, 2.45) is 56.2 Å². The van der Waals surface area contributed by atoms with E-state index >= 15 is 4.79 Å². The molecular formula is C88H138O43. The monoisotopic (exact) mass is 1880 g/mol. The molecular weight excluding hydrogens is 1740 g/mol. The van der Waals surface area contributed by atoms with E-state index in [2.05, 4.69) is 26.5 Å². The number of rotatable bonds is 27. The SMILES string of the molecule is C=CC(C)(O)CC/C=C(\C)C(=O)OC1C(O)C(CO)OC(OC(=O)C23CCC(C)(C)CC2C2=CCC4C5(C)CCC(OC6OC(COC7OCC(OC(C)=O)C(O)C7OC7OC(COC(C)=O)C(O)C(O)C7O)C(O)C(O)C6OC6OCC(O)C(O)C6O)C(C)(C)C5CCC4(C)C2(C)C(O)C3O)C1OC1OCC(OC2OCC(O)C(OC3OCC(C)C(O)C3O)C2O)C(O)C1O. The molecule has 0 bridgehead atoms. The van der Waals surface area contributed by atoms with Crippen LogP contribution in [0.1, 0.15) is 147 Å². The molecule has 13 aliphatic rings. The third-order valence-electron chi connectivity index (χ3n) is 31.0. The van der Waals surface area contributed by atoms with Crippen molar-refractivity contribution in [3.8, 4) is 0 Å². The second-order valence-electron chi connectivity index (χ2n) is 40.4. The molecule has 46 unspecified atom stereocenters. The lowest BCUT2D eigenvalue weighted by atomic mass is 9.32. The summed E-state index contributed by atoms with van der Waals surface area (Å²) in [4.78, 5) is 54.7. The normalized spacial score (nSPS) is 49.3. The molecule has 0 aromatic carbocycles. The van der Waals surface area contributed by atoms with E-state index in [0.717, 1.165) is 13.8 Å². The number of esters is 4. The number of aliphatic hydroxyl groups is 20. The average Bonchev–Trinajstić information content (AvgIpc) is 0.662. The third kappa shape index (κ3) is 20.2. The van der Waals surface area contributed by atoms with Crippen LogP contribution in [0.15, 0.2) is 36.0 Å². The molecule has 46 atom stereocenters. The minimum atomic E-state index is -2.16. The molecule has 8 heterocycles. The van der Waals surface area contributed by atoms with Gasteiger partial charge in [-0.15, -0.1) is 6.58 Å². The van der Waals surface area contributed by atoms with Crippen LogP contribution in [0, 0.1) is 56.2 Å². The highest BCUT2D eigenvalue weighted by atomic mass is 16.8. The van der Waals surface area contributed by atoms with Gasteiger partial charge in [-0.2, -0.15) is 0 Å². The van der Waals surface area contributed by atoms with E-state index in [1.165, 1.54) is 26.0 Å². The van der Waals surface area contributed by atoms with E-state index in [1.807, 2.05) is 34.6 Å². The Balaban J connectivity index is 0.757. The summed E-state index contributed by atoms with van der Waals surface area (Å²) >= 11 is 0. The predicted octanol–water partition coefficient (Wildman–Crippen LogP) is -4.97. The fraction of sp³-hybridized carbons (Fsp3) is 0.886. The van der Waals surface area contributed by atoms with Crippen molar-refractivity contribution < 1.29 is 211 Å². The highest BCUT2D eigenvalue weighted by Crippen LogP contribution is 2.76. The van der Waals surface area contributed by atoms with Gasteiger partial charge in [0.15, 0.2) is 62.3 Å². The van der Waals surface area contributed by atoms with Crippen molar-refractivity contribution in [1.29, 1.82) is 0 Å². The lowest BCUT2D eigenvalue weighted by Crippen LogP contribution is -2.73. The van der Waals surface area contributed by atoms with Crippen LogP contribution in [0.3, 0.4) is 0 Å². The topological polar surface area (TPSA) is 648 Å². The number of fused-ring (bicyclic) bond motifs is 7. The first-order valence-electron chi connectivity index (χ1n) is 45.3. The molecule has 8 saturated heterocycles. The third-order valence-corrected chi connectivity index (χ3v) is 31.0. The van der Waals surface area contributed by atoms with Crippen LogP contribution < -0.4 is 0 Å². The lowest BCUT2D eigenvalue weighted by Gasteiger charge is -2.72. The quantitative estimate of drug-likeness (QED) is 0.0120. The molecule has 0 aromatic rings. The molecule has 43 heteroatoms. The summed E-state index contributed by atoms with van der Waals surface area (Å²) < 4.78 is 114. The van der Waals surface area contributed by atoms with E-state index in [1.54, 1.807) is 6.92 Å². The highest BCUT2D eigenvalue weighted by Gasteiger charge is 2.76. The standard InChI is InChI=1S/C88H138O43/c1-14-84(10,112)21-15-16-35(2)72(110)126-66-56(99)43(27-89)121-80(69(66)130-75-62(105)55(98)46(32-117-75)122-76-64(107)65(42(93)30-116-76)127-73-60(103)51(94)36(3)28-114-73)131-81(111)88-25-24-82(6,7)26-40(88)39-17-18-49-85(11)22-20-50(83(8,9)48(85)19-23-86(49,12)87(39,13)70(108)71(88)109)125-79-68(128-74-61(104)52(95)41(92)29-115-74)59(102)54(97)45(124-79)33-118-78-67(57(100)47(34-119-78)120-38(5)91)129-77-63(106)58(101)53(96)44(123-77)31-113-37(4)90/h14,16-17,36,40-71,73-80,89,92-109,112H,1,15,18-34H2,2-13H3/b35-16+.